The summed E-state index contributed by atoms with van der Waals surface area (Å²) in [6.07, 6.45) is 0. The smallest absolute Gasteiger partial charge is 0.253 e. The number of amides is 2. The number of benzene rings is 1. The Bertz CT molecular complexity index is 543. The van der Waals surface area contributed by atoms with Gasteiger partial charge in [0.05, 0.1) is 12.2 Å². The van der Waals surface area contributed by atoms with E-state index in [0.29, 0.717) is 30.8 Å². The maximum absolute atomic E-state index is 12.5. The van der Waals surface area contributed by atoms with E-state index in [9.17, 15) is 9.59 Å². The van der Waals surface area contributed by atoms with Crippen molar-refractivity contribution in [2.24, 2.45) is 5.73 Å². The van der Waals surface area contributed by atoms with Gasteiger partial charge in [0, 0.05) is 24.2 Å². The lowest BCUT2D eigenvalue weighted by Crippen LogP contribution is -2.31. The third kappa shape index (κ3) is 5.15. The number of hydrogen-bond acceptors (Lipinski definition) is 3. The highest BCUT2D eigenvalue weighted by atomic mass is 16.5. The SMILES string of the molecule is CCN(CC)C(=O)c1cc(COC(C)(C)C)cc(C(N)=O)c1. The lowest BCUT2D eigenvalue weighted by atomic mass is 10.0. The lowest BCUT2D eigenvalue weighted by Gasteiger charge is -2.21. The van der Waals surface area contributed by atoms with Crippen LogP contribution in [0.15, 0.2) is 18.2 Å². The molecule has 0 fully saturated rings. The summed E-state index contributed by atoms with van der Waals surface area (Å²) in [5, 5.41) is 0. The Labute approximate surface area is 132 Å². The molecule has 2 amide bonds. The molecule has 22 heavy (non-hydrogen) atoms. The molecule has 0 saturated heterocycles. The van der Waals surface area contributed by atoms with Crippen molar-refractivity contribution < 1.29 is 14.3 Å². The van der Waals surface area contributed by atoms with Gasteiger partial charge in [-0.25, -0.2) is 0 Å². The molecule has 0 atom stereocenters. The quantitative estimate of drug-likeness (QED) is 0.878. The van der Waals surface area contributed by atoms with Crippen LogP contribution in [0.25, 0.3) is 0 Å². The Kier molecular flexibility index (Phi) is 6.11. The van der Waals surface area contributed by atoms with Crippen molar-refractivity contribution in [1.29, 1.82) is 0 Å². The Balaban J connectivity index is 3.14. The van der Waals surface area contributed by atoms with Crippen LogP contribution in [0.5, 0.6) is 0 Å². The third-order valence-electron chi connectivity index (χ3n) is 3.25. The highest BCUT2D eigenvalue weighted by molar-refractivity contribution is 5.99. The van der Waals surface area contributed by atoms with Crippen LogP contribution in [0.2, 0.25) is 0 Å². The third-order valence-corrected chi connectivity index (χ3v) is 3.25. The first-order chi connectivity index (χ1) is 10.2. The summed E-state index contributed by atoms with van der Waals surface area (Å²) < 4.78 is 5.72. The van der Waals surface area contributed by atoms with E-state index < -0.39 is 5.91 Å². The number of carbonyl (C=O) groups excluding carboxylic acids is 2. The Morgan fingerprint density at radius 1 is 1.09 bits per heavy atom. The van der Waals surface area contributed by atoms with Gasteiger partial charge in [0.2, 0.25) is 5.91 Å². The highest BCUT2D eigenvalue weighted by Crippen LogP contribution is 2.17. The number of rotatable bonds is 6. The fourth-order valence-corrected chi connectivity index (χ4v) is 2.03. The summed E-state index contributed by atoms with van der Waals surface area (Å²) in [6.45, 7) is 11.2. The van der Waals surface area contributed by atoms with Crippen LogP contribution in [-0.4, -0.2) is 35.4 Å². The minimum absolute atomic E-state index is 0.106. The van der Waals surface area contributed by atoms with Crippen molar-refractivity contribution in [2.75, 3.05) is 13.1 Å². The van der Waals surface area contributed by atoms with E-state index in [1.165, 1.54) is 0 Å². The Morgan fingerprint density at radius 2 is 1.64 bits per heavy atom. The van der Waals surface area contributed by atoms with E-state index in [4.69, 9.17) is 10.5 Å². The van der Waals surface area contributed by atoms with E-state index in [0.717, 1.165) is 5.56 Å². The average molecular weight is 306 g/mol. The first-order valence-electron chi connectivity index (χ1n) is 7.55. The van der Waals surface area contributed by atoms with Gasteiger partial charge in [-0.05, 0) is 58.4 Å². The molecule has 122 valence electrons. The predicted molar refractivity (Wildman–Crippen MR) is 86.8 cm³/mol. The molecule has 1 aromatic rings. The number of ether oxygens (including phenoxy) is 1. The maximum atomic E-state index is 12.5. The summed E-state index contributed by atoms with van der Waals surface area (Å²) in [6, 6.07) is 4.98. The molecule has 0 aliphatic rings. The van der Waals surface area contributed by atoms with Gasteiger partial charge in [-0.15, -0.1) is 0 Å². The van der Waals surface area contributed by atoms with Gasteiger partial charge >= 0.3 is 0 Å². The molecule has 1 aromatic carbocycles. The largest absolute Gasteiger partial charge is 0.371 e. The first kappa shape index (κ1) is 18.2. The molecule has 0 radical (unpaired) electrons. The predicted octanol–water partition coefficient (Wildman–Crippen LogP) is 2.58. The minimum atomic E-state index is -0.550. The Hall–Kier alpha value is -1.88. The summed E-state index contributed by atoms with van der Waals surface area (Å²) in [4.78, 5) is 25.7. The summed E-state index contributed by atoms with van der Waals surface area (Å²) in [5.41, 5.74) is 6.63. The maximum Gasteiger partial charge on any atom is 0.253 e. The fourth-order valence-electron chi connectivity index (χ4n) is 2.03. The van der Waals surface area contributed by atoms with Crippen LogP contribution in [-0.2, 0) is 11.3 Å². The molecular weight excluding hydrogens is 280 g/mol. The second-order valence-electron chi connectivity index (χ2n) is 6.16. The topological polar surface area (TPSA) is 72.6 Å². The molecule has 0 unspecified atom stereocenters. The van der Waals surface area contributed by atoms with Crippen LogP contribution < -0.4 is 5.73 Å². The van der Waals surface area contributed by atoms with E-state index >= 15 is 0 Å². The lowest BCUT2D eigenvalue weighted by molar-refractivity contribution is -0.0149. The molecule has 5 nitrogen and oxygen atoms in total. The minimum Gasteiger partial charge on any atom is -0.371 e. The number of carbonyl (C=O) groups is 2. The summed E-state index contributed by atoms with van der Waals surface area (Å²) in [7, 11) is 0. The van der Waals surface area contributed by atoms with Crippen LogP contribution in [0, 0.1) is 0 Å². The van der Waals surface area contributed by atoms with Gasteiger partial charge in [-0.3, -0.25) is 9.59 Å². The van der Waals surface area contributed by atoms with Gasteiger partial charge < -0.3 is 15.4 Å². The summed E-state index contributed by atoms with van der Waals surface area (Å²) >= 11 is 0. The second kappa shape index (κ2) is 7.40. The van der Waals surface area contributed by atoms with Crippen molar-refractivity contribution in [3.05, 3.63) is 34.9 Å². The van der Waals surface area contributed by atoms with Crippen molar-refractivity contribution in [3.63, 3.8) is 0 Å². The number of nitrogens with zero attached hydrogens (tertiary/aromatic N) is 1. The summed E-state index contributed by atoms with van der Waals surface area (Å²) in [5.74, 6) is -0.656. The van der Waals surface area contributed by atoms with E-state index in [2.05, 4.69) is 0 Å². The number of nitrogens with two attached hydrogens (primary N) is 1. The highest BCUT2D eigenvalue weighted by Gasteiger charge is 2.17. The molecule has 0 spiro atoms. The molecule has 1 rings (SSSR count). The van der Waals surface area contributed by atoms with Gasteiger partial charge in [0.25, 0.3) is 5.91 Å². The normalized spacial score (nSPS) is 11.3. The standard InChI is InChI=1S/C17H26N2O3/c1-6-19(7-2)16(21)14-9-12(11-22-17(3,4)5)8-13(10-14)15(18)20/h8-10H,6-7,11H2,1-5H3,(H2,18,20). The van der Waals surface area contributed by atoms with E-state index in [1.807, 2.05) is 34.6 Å². The monoisotopic (exact) mass is 306 g/mol. The first-order valence-corrected chi connectivity index (χ1v) is 7.55. The molecule has 0 aromatic heterocycles. The Morgan fingerprint density at radius 3 is 2.09 bits per heavy atom. The van der Waals surface area contributed by atoms with Crippen LogP contribution in [0.4, 0.5) is 0 Å². The van der Waals surface area contributed by atoms with Gasteiger partial charge in [0.15, 0.2) is 0 Å². The van der Waals surface area contributed by atoms with Crippen LogP contribution in [0.3, 0.4) is 0 Å². The molecular formula is C17H26N2O3. The van der Waals surface area contributed by atoms with Crippen molar-refractivity contribution >= 4 is 11.8 Å². The zero-order chi connectivity index (χ0) is 16.9. The molecule has 2 N–H and O–H groups in total. The fraction of sp³-hybridized carbons (Fsp3) is 0.529. The molecule has 0 aliphatic heterocycles. The van der Waals surface area contributed by atoms with Gasteiger partial charge in [-0.1, -0.05) is 0 Å². The van der Waals surface area contributed by atoms with Gasteiger partial charge in [0.1, 0.15) is 0 Å². The molecule has 5 heteroatoms. The zero-order valence-corrected chi connectivity index (χ0v) is 14.1. The van der Waals surface area contributed by atoms with Crippen molar-refractivity contribution in [1.82, 2.24) is 4.90 Å². The van der Waals surface area contributed by atoms with Crippen molar-refractivity contribution in [3.8, 4) is 0 Å². The number of primary amides is 1. The molecule has 0 bridgehead atoms. The van der Waals surface area contributed by atoms with E-state index in [-0.39, 0.29) is 11.5 Å². The van der Waals surface area contributed by atoms with Gasteiger partial charge in [-0.2, -0.15) is 0 Å². The average Bonchev–Trinajstić information content (AvgIpc) is 2.45. The number of hydrogen-bond donors (Lipinski definition) is 1. The molecule has 0 heterocycles. The molecule has 0 aliphatic carbocycles. The van der Waals surface area contributed by atoms with Crippen molar-refractivity contribution in [2.45, 2.75) is 46.8 Å². The second-order valence-corrected chi connectivity index (χ2v) is 6.16. The van der Waals surface area contributed by atoms with Crippen LogP contribution >= 0.6 is 0 Å². The van der Waals surface area contributed by atoms with E-state index in [1.54, 1.807) is 23.1 Å². The molecule has 0 saturated carbocycles. The van der Waals surface area contributed by atoms with Crippen LogP contribution in [0.1, 0.15) is 60.9 Å². The zero-order valence-electron chi connectivity index (χ0n) is 14.1.